The summed E-state index contributed by atoms with van der Waals surface area (Å²) >= 11 is 6.55. The van der Waals surface area contributed by atoms with Crippen LogP contribution in [0.1, 0.15) is 21.5 Å². The molecule has 170 valence electrons. The average molecular weight is 492 g/mol. The molecule has 3 aromatic carbocycles. The second kappa shape index (κ2) is 9.20. The summed E-state index contributed by atoms with van der Waals surface area (Å²) < 4.78 is 16.9. The van der Waals surface area contributed by atoms with Gasteiger partial charge in [-0.15, -0.1) is 0 Å². The van der Waals surface area contributed by atoms with Gasteiger partial charge in [0.05, 0.1) is 16.2 Å². The Kier molecular flexibility index (Phi) is 5.95. The van der Waals surface area contributed by atoms with Crippen LogP contribution in [-0.4, -0.2) is 28.1 Å². The van der Waals surface area contributed by atoms with Crippen LogP contribution in [0.15, 0.2) is 71.6 Å². The van der Waals surface area contributed by atoms with Gasteiger partial charge in [0, 0.05) is 0 Å². The van der Waals surface area contributed by atoms with Crippen LogP contribution in [0.4, 0.5) is 5.69 Å². The number of hydrogen-bond donors (Lipinski definition) is 1. The molecular weight excluding hydrogens is 474 g/mol. The molecule has 0 aromatic heterocycles. The van der Waals surface area contributed by atoms with Crippen LogP contribution < -0.4 is 19.1 Å². The van der Waals surface area contributed by atoms with Crippen molar-refractivity contribution >= 4 is 51.9 Å². The Morgan fingerprint density at radius 3 is 2.68 bits per heavy atom. The third kappa shape index (κ3) is 4.48. The van der Waals surface area contributed by atoms with E-state index in [4.69, 9.17) is 26.4 Å². The number of thiocarbonyl (C=S) groups is 1. The molecule has 5 rings (SSSR count). The average Bonchev–Trinajstić information content (AvgIpc) is 3.42. The monoisotopic (exact) mass is 491 g/mol. The number of carbonyl (C=O) groups is 2. The Morgan fingerprint density at radius 2 is 1.88 bits per heavy atom. The fourth-order valence-electron chi connectivity index (χ4n) is 3.48. The van der Waals surface area contributed by atoms with Crippen molar-refractivity contribution in [3.63, 3.8) is 0 Å². The van der Waals surface area contributed by atoms with Gasteiger partial charge >= 0.3 is 5.97 Å². The molecule has 34 heavy (non-hydrogen) atoms. The van der Waals surface area contributed by atoms with E-state index in [0.717, 1.165) is 16.9 Å². The third-order valence-electron chi connectivity index (χ3n) is 5.17. The predicted molar refractivity (Wildman–Crippen MR) is 132 cm³/mol. The molecule has 0 atom stereocenters. The van der Waals surface area contributed by atoms with E-state index < -0.39 is 5.97 Å². The predicted octanol–water partition coefficient (Wildman–Crippen LogP) is 5.10. The number of fused-ring (bicyclic) bond motifs is 1. The van der Waals surface area contributed by atoms with Crippen LogP contribution in [-0.2, 0) is 11.4 Å². The van der Waals surface area contributed by atoms with Crippen LogP contribution in [0.3, 0.4) is 0 Å². The van der Waals surface area contributed by atoms with E-state index in [9.17, 15) is 14.7 Å². The van der Waals surface area contributed by atoms with Crippen molar-refractivity contribution in [2.75, 3.05) is 11.7 Å². The highest BCUT2D eigenvalue weighted by atomic mass is 32.2. The van der Waals surface area contributed by atoms with E-state index in [2.05, 4.69) is 0 Å². The van der Waals surface area contributed by atoms with E-state index in [1.807, 2.05) is 42.5 Å². The van der Waals surface area contributed by atoms with Crippen molar-refractivity contribution < 1.29 is 28.9 Å². The Labute approximate surface area is 204 Å². The lowest BCUT2D eigenvalue weighted by molar-refractivity contribution is -0.113. The zero-order valence-corrected chi connectivity index (χ0v) is 19.2. The quantitative estimate of drug-likeness (QED) is 0.377. The van der Waals surface area contributed by atoms with Gasteiger partial charge in [-0.2, -0.15) is 0 Å². The summed E-state index contributed by atoms with van der Waals surface area (Å²) in [6.45, 7) is 0.610. The summed E-state index contributed by atoms with van der Waals surface area (Å²) in [6.07, 6.45) is 1.75. The minimum atomic E-state index is -1.07. The largest absolute Gasteiger partial charge is 0.489 e. The molecule has 0 bridgehead atoms. The van der Waals surface area contributed by atoms with Crippen molar-refractivity contribution in [3.8, 4) is 17.2 Å². The Balaban J connectivity index is 1.26. The lowest BCUT2D eigenvalue weighted by Gasteiger charge is -2.14. The number of rotatable bonds is 6. The van der Waals surface area contributed by atoms with Crippen molar-refractivity contribution in [3.05, 3.63) is 88.3 Å². The first kappa shape index (κ1) is 22.0. The van der Waals surface area contributed by atoms with Gasteiger partial charge in [0.2, 0.25) is 6.79 Å². The van der Waals surface area contributed by atoms with Gasteiger partial charge in [-0.3, -0.25) is 9.69 Å². The standard InChI is InChI=1S/C25H17NO6S2/c27-23-22(34-25(33)26(23)18-3-1-2-17(12-18)24(28)29)11-15-4-7-19(8-5-15)30-13-16-6-9-20-21(10-16)32-14-31-20/h1-12H,13-14H2,(H,28,29)/b22-11+. The van der Waals surface area contributed by atoms with E-state index in [1.54, 1.807) is 18.2 Å². The van der Waals surface area contributed by atoms with Crippen molar-refractivity contribution in [2.45, 2.75) is 6.61 Å². The SMILES string of the molecule is O=C(O)c1cccc(N2C(=O)/C(=C\c3ccc(OCc4ccc5c(c4)OCO5)cc3)SC2=S)c1. The topological polar surface area (TPSA) is 85.3 Å². The van der Waals surface area contributed by atoms with Gasteiger partial charge in [0.25, 0.3) is 5.91 Å². The van der Waals surface area contributed by atoms with Crippen LogP contribution in [0.5, 0.6) is 17.2 Å². The summed E-state index contributed by atoms with van der Waals surface area (Å²) in [6, 6.07) is 19.2. The molecule has 3 aromatic rings. The smallest absolute Gasteiger partial charge is 0.335 e. The number of nitrogens with zero attached hydrogens (tertiary/aromatic N) is 1. The molecule has 1 saturated heterocycles. The number of benzene rings is 3. The maximum Gasteiger partial charge on any atom is 0.335 e. The Bertz CT molecular complexity index is 1340. The highest BCUT2D eigenvalue weighted by Crippen LogP contribution is 2.36. The molecule has 1 N–H and O–H groups in total. The van der Waals surface area contributed by atoms with E-state index >= 15 is 0 Å². The third-order valence-corrected chi connectivity index (χ3v) is 6.47. The number of aromatic carboxylic acids is 1. The molecule has 0 aliphatic carbocycles. The number of carboxylic acid groups (broad SMARTS) is 1. The van der Waals surface area contributed by atoms with Gasteiger partial charge in [-0.05, 0) is 59.7 Å². The summed E-state index contributed by atoms with van der Waals surface area (Å²) in [5.74, 6) is 0.772. The number of hydrogen-bond acceptors (Lipinski definition) is 7. The van der Waals surface area contributed by atoms with E-state index in [1.165, 1.54) is 28.8 Å². The van der Waals surface area contributed by atoms with Crippen LogP contribution >= 0.6 is 24.0 Å². The number of carbonyl (C=O) groups excluding carboxylic acids is 1. The van der Waals surface area contributed by atoms with Crippen molar-refractivity contribution in [1.29, 1.82) is 0 Å². The van der Waals surface area contributed by atoms with Gasteiger partial charge in [-0.25, -0.2) is 4.79 Å². The molecule has 2 aliphatic rings. The van der Waals surface area contributed by atoms with Gasteiger partial charge in [0.15, 0.2) is 15.8 Å². The number of anilines is 1. The van der Waals surface area contributed by atoms with Crippen LogP contribution in [0.25, 0.3) is 6.08 Å². The lowest BCUT2D eigenvalue weighted by atomic mass is 10.1. The summed E-state index contributed by atoms with van der Waals surface area (Å²) in [4.78, 5) is 26.0. The number of thioether (sulfide) groups is 1. The molecule has 9 heteroatoms. The number of ether oxygens (including phenoxy) is 3. The first-order chi connectivity index (χ1) is 16.5. The highest BCUT2D eigenvalue weighted by Gasteiger charge is 2.33. The summed E-state index contributed by atoms with van der Waals surface area (Å²) in [7, 11) is 0. The van der Waals surface area contributed by atoms with Crippen LogP contribution in [0, 0.1) is 0 Å². The van der Waals surface area contributed by atoms with E-state index in [0.29, 0.717) is 33.0 Å². The molecule has 2 aliphatic heterocycles. The van der Waals surface area contributed by atoms with Crippen LogP contribution in [0.2, 0.25) is 0 Å². The molecule has 0 saturated carbocycles. The maximum atomic E-state index is 13.0. The minimum absolute atomic E-state index is 0.0897. The highest BCUT2D eigenvalue weighted by molar-refractivity contribution is 8.27. The zero-order chi connectivity index (χ0) is 23.7. The zero-order valence-electron chi connectivity index (χ0n) is 17.6. The first-order valence-corrected chi connectivity index (χ1v) is 11.4. The molecule has 1 fully saturated rings. The fourth-order valence-corrected chi connectivity index (χ4v) is 4.78. The Morgan fingerprint density at radius 1 is 1.09 bits per heavy atom. The second-order valence-electron chi connectivity index (χ2n) is 7.42. The summed E-state index contributed by atoms with van der Waals surface area (Å²) in [5.41, 5.74) is 2.30. The number of carboxylic acids is 1. The molecule has 2 heterocycles. The summed E-state index contributed by atoms with van der Waals surface area (Å²) in [5, 5.41) is 9.22. The molecule has 1 amide bonds. The van der Waals surface area contributed by atoms with Gasteiger partial charge in [-0.1, -0.05) is 48.2 Å². The van der Waals surface area contributed by atoms with Crippen molar-refractivity contribution in [2.24, 2.45) is 0 Å². The molecule has 0 spiro atoms. The van der Waals surface area contributed by atoms with Crippen molar-refractivity contribution in [1.82, 2.24) is 0 Å². The number of amides is 1. The Hall–Kier alpha value is -3.82. The molecule has 0 radical (unpaired) electrons. The van der Waals surface area contributed by atoms with Gasteiger partial charge < -0.3 is 19.3 Å². The minimum Gasteiger partial charge on any atom is -0.489 e. The van der Waals surface area contributed by atoms with Gasteiger partial charge in [0.1, 0.15) is 12.4 Å². The lowest BCUT2D eigenvalue weighted by Crippen LogP contribution is -2.27. The maximum absolute atomic E-state index is 13.0. The molecule has 7 nitrogen and oxygen atoms in total. The fraction of sp³-hybridized carbons (Fsp3) is 0.0800. The molecule has 0 unspecified atom stereocenters. The normalized spacial score (nSPS) is 15.8. The molecular formula is C25H17NO6S2. The second-order valence-corrected chi connectivity index (χ2v) is 9.09. The van der Waals surface area contributed by atoms with E-state index in [-0.39, 0.29) is 18.3 Å². The first-order valence-electron chi connectivity index (χ1n) is 10.2.